The monoisotopic (exact) mass is 364 g/mol. The van der Waals surface area contributed by atoms with Gasteiger partial charge in [0.05, 0.1) is 43.2 Å². The van der Waals surface area contributed by atoms with Crippen LogP contribution in [0.1, 0.15) is 34.5 Å². The van der Waals surface area contributed by atoms with Crippen LogP contribution < -0.4 is 4.74 Å². The van der Waals surface area contributed by atoms with Gasteiger partial charge >= 0.3 is 0 Å². The Bertz CT molecular complexity index is 902. The maximum atomic E-state index is 12.6. The minimum Gasteiger partial charge on any atom is -0.473 e. The Hall–Kier alpha value is -2.98. The SMILES string of the molecule is Cc1cncc(O[C@H]2CCOC3(C2)CN(C(=O)c2cccc(C#N)c2)C3)n1. The highest BCUT2D eigenvalue weighted by atomic mass is 16.5. The van der Waals surface area contributed by atoms with Gasteiger partial charge in [-0.25, -0.2) is 4.98 Å². The number of hydrogen-bond acceptors (Lipinski definition) is 6. The molecule has 0 N–H and O–H groups in total. The van der Waals surface area contributed by atoms with Gasteiger partial charge in [-0.1, -0.05) is 6.07 Å². The predicted octanol–water partition coefficient (Wildman–Crippen LogP) is 2.11. The van der Waals surface area contributed by atoms with E-state index in [0.717, 1.165) is 12.1 Å². The molecule has 2 saturated heterocycles. The molecule has 0 unspecified atom stereocenters. The summed E-state index contributed by atoms with van der Waals surface area (Å²) < 4.78 is 12.0. The number of hydrogen-bond donors (Lipinski definition) is 0. The van der Waals surface area contributed by atoms with E-state index in [1.165, 1.54) is 0 Å². The van der Waals surface area contributed by atoms with E-state index in [9.17, 15) is 4.79 Å². The molecule has 0 radical (unpaired) electrons. The average Bonchev–Trinajstić information content (AvgIpc) is 2.66. The molecule has 1 atom stereocenters. The van der Waals surface area contributed by atoms with Crippen LogP contribution in [0.15, 0.2) is 36.7 Å². The van der Waals surface area contributed by atoms with Crippen LogP contribution in [0.25, 0.3) is 0 Å². The van der Waals surface area contributed by atoms with E-state index in [1.807, 2.05) is 6.92 Å². The molecule has 3 heterocycles. The van der Waals surface area contributed by atoms with Gasteiger partial charge in [-0.05, 0) is 25.1 Å². The Balaban J connectivity index is 1.38. The lowest BCUT2D eigenvalue weighted by atomic mass is 9.84. The van der Waals surface area contributed by atoms with Crippen LogP contribution in [0, 0.1) is 18.3 Å². The molecule has 138 valence electrons. The van der Waals surface area contributed by atoms with Crippen molar-refractivity contribution in [1.82, 2.24) is 14.9 Å². The molecule has 0 saturated carbocycles. The van der Waals surface area contributed by atoms with Gasteiger partial charge in [0.15, 0.2) is 0 Å². The molecule has 1 spiro atoms. The minimum atomic E-state index is -0.358. The Morgan fingerprint density at radius 2 is 2.26 bits per heavy atom. The van der Waals surface area contributed by atoms with Crippen molar-refractivity contribution in [2.45, 2.75) is 31.5 Å². The molecule has 1 amide bonds. The molecule has 7 nitrogen and oxygen atoms in total. The number of aromatic nitrogens is 2. The number of nitrogens with zero attached hydrogens (tertiary/aromatic N) is 4. The first-order valence-electron chi connectivity index (χ1n) is 8.96. The molecule has 0 aliphatic carbocycles. The van der Waals surface area contributed by atoms with Gasteiger partial charge < -0.3 is 14.4 Å². The van der Waals surface area contributed by atoms with E-state index in [-0.39, 0.29) is 17.6 Å². The summed E-state index contributed by atoms with van der Waals surface area (Å²) in [4.78, 5) is 22.8. The molecule has 1 aromatic heterocycles. The van der Waals surface area contributed by atoms with Gasteiger partial charge in [-0.3, -0.25) is 9.78 Å². The summed E-state index contributed by atoms with van der Waals surface area (Å²) in [7, 11) is 0. The van der Waals surface area contributed by atoms with E-state index in [2.05, 4.69) is 16.0 Å². The lowest BCUT2D eigenvalue weighted by molar-refractivity contribution is -0.174. The van der Waals surface area contributed by atoms with Crippen LogP contribution in [0.2, 0.25) is 0 Å². The molecule has 2 fully saturated rings. The number of carbonyl (C=O) groups is 1. The normalized spacial score (nSPS) is 20.6. The highest BCUT2D eigenvalue weighted by Crippen LogP contribution is 2.36. The lowest BCUT2D eigenvalue weighted by Crippen LogP contribution is -2.67. The summed E-state index contributed by atoms with van der Waals surface area (Å²) in [6.45, 7) is 3.53. The zero-order valence-electron chi connectivity index (χ0n) is 15.1. The summed E-state index contributed by atoms with van der Waals surface area (Å²) in [5, 5.41) is 9.00. The summed E-state index contributed by atoms with van der Waals surface area (Å²) in [5.41, 5.74) is 1.47. The number of carbonyl (C=O) groups excluding carboxylic acids is 1. The molecule has 2 aromatic rings. The Labute approximate surface area is 157 Å². The second-order valence-electron chi connectivity index (χ2n) is 7.12. The number of aryl methyl sites for hydroxylation is 1. The van der Waals surface area contributed by atoms with Crippen LogP contribution in [0.4, 0.5) is 0 Å². The molecule has 1 aromatic carbocycles. The maximum Gasteiger partial charge on any atom is 0.254 e. The Morgan fingerprint density at radius 1 is 1.41 bits per heavy atom. The van der Waals surface area contributed by atoms with Crippen molar-refractivity contribution in [3.63, 3.8) is 0 Å². The molecular formula is C20H20N4O3. The molecule has 2 aliphatic rings. The number of ether oxygens (including phenoxy) is 2. The fourth-order valence-electron chi connectivity index (χ4n) is 3.67. The van der Waals surface area contributed by atoms with Crippen LogP contribution in [-0.2, 0) is 4.74 Å². The van der Waals surface area contributed by atoms with Gasteiger partial charge in [0.2, 0.25) is 5.88 Å². The average molecular weight is 364 g/mol. The molecule has 27 heavy (non-hydrogen) atoms. The number of benzene rings is 1. The van der Waals surface area contributed by atoms with E-state index < -0.39 is 0 Å². The highest BCUT2D eigenvalue weighted by molar-refractivity contribution is 5.95. The first-order chi connectivity index (χ1) is 13.1. The quantitative estimate of drug-likeness (QED) is 0.829. The molecule has 0 bridgehead atoms. The van der Waals surface area contributed by atoms with Gasteiger partial charge in [0.25, 0.3) is 5.91 Å². The summed E-state index contributed by atoms with van der Waals surface area (Å²) in [6.07, 6.45) is 4.80. The van der Waals surface area contributed by atoms with Gasteiger partial charge in [-0.15, -0.1) is 0 Å². The number of amides is 1. The third kappa shape index (κ3) is 3.62. The molecular weight excluding hydrogens is 344 g/mol. The van der Waals surface area contributed by atoms with Crippen LogP contribution >= 0.6 is 0 Å². The zero-order valence-corrected chi connectivity index (χ0v) is 15.1. The largest absolute Gasteiger partial charge is 0.473 e. The van der Waals surface area contributed by atoms with E-state index >= 15 is 0 Å². The maximum absolute atomic E-state index is 12.6. The first-order valence-corrected chi connectivity index (χ1v) is 8.96. The van der Waals surface area contributed by atoms with Crippen molar-refractivity contribution in [2.24, 2.45) is 0 Å². The third-order valence-electron chi connectivity index (χ3n) is 4.95. The second-order valence-corrected chi connectivity index (χ2v) is 7.12. The van der Waals surface area contributed by atoms with Crippen molar-refractivity contribution < 1.29 is 14.3 Å². The number of nitriles is 1. The van der Waals surface area contributed by atoms with Gasteiger partial charge in [-0.2, -0.15) is 5.26 Å². The van der Waals surface area contributed by atoms with E-state index in [0.29, 0.717) is 43.1 Å². The second kappa shape index (κ2) is 6.97. The molecule has 2 aliphatic heterocycles. The standard InChI is InChI=1S/C20H20N4O3/c1-14-10-22-11-18(23-14)27-17-5-6-26-20(8-17)12-24(13-20)19(25)16-4-2-3-15(7-16)9-21/h2-4,7,10-11,17H,5-6,8,12-13H2,1H3/t17-/m0/s1. The van der Waals surface area contributed by atoms with E-state index in [1.54, 1.807) is 41.6 Å². The molecule has 4 rings (SSSR count). The topological polar surface area (TPSA) is 88.3 Å². The van der Waals surface area contributed by atoms with Crippen LogP contribution in [-0.4, -0.2) is 52.2 Å². The van der Waals surface area contributed by atoms with E-state index in [4.69, 9.17) is 14.7 Å². The molecule has 7 heteroatoms. The van der Waals surface area contributed by atoms with Crippen molar-refractivity contribution in [1.29, 1.82) is 5.26 Å². The summed E-state index contributed by atoms with van der Waals surface area (Å²) >= 11 is 0. The summed E-state index contributed by atoms with van der Waals surface area (Å²) in [5.74, 6) is 0.451. The van der Waals surface area contributed by atoms with Crippen molar-refractivity contribution >= 4 is 5.91 Å². The highest BCUT2D eigenvalue weighted by Gasteiger charge is 2.50. The Morgan fingerprint density at radius 3 is 3.04 bits per heavy atom. The smallest absolute Gasteiger partial charge is 0.254 e. The van der Waals surface area contributed by atoms with Crippen molar-refractivity contribution in [2.75, 3.05) is 19.7 Å². The van der Waals surface area contributed by atoms with Crippen LogP contribution in [0.3, 0.4) is 0 Å². The number of rotatable bonds is 3. The van der Waals surface area contributed by atoms with Crippen LogP contribution in [0.5, 0.6) is 5.88 Å². The zero-order chi connectivity index (χ0) is 18.9. The predicted molar refractivity (Wildman–Crippen MR) is 96.2 cm³/mol. The van der Waals surface area contributed by atoms with Gasteiger partial charge in [0, 0.05) is 24.6 Å². The minimum absolute atomic E-state index is 0.00554. The lowest BCUT2D eigenvalue weighted by Gasteiger charge is -2.52. The third-order valence-corrected chi connectivity index (χ3v) is 4.95. The van der Waals surface area contributed by atoms with Crippen molar-refractivity contribution in [3.8, 4) is 11.9 Å². The fraction of sp³-hybridized carbons (Fsp3) is 0.400. The fourth-order valence-corrected chi connectivity index (χ4v) is 3.67. The number of likely N-dealkylation sites (tertiary alicyclic amines) is 1. The summed E-state index contributed by atoms with van der Waals surface area (Å²) in [6, 6.07) is 8.84. The van der Waals surface area contributed by atoms with Crippen molar-refractivity contribution in [3.05, 3.63) is 53.5 Å². The first kappa shape index (κ1) is 17.4. The van der Waals surface area contributed by atoms with Gasteiger partial charge in [0.1, 0.15) is 11.7 Å². The Kier molecular flexibility index (Phi) is 4.50.